The molecule has 2 aliphatic rings. The molecule has 0 aliphatic carbocycles. The molecule has 3 heterocycles. The van der Waals surface area contributed by atoms with Crippen LogP contribution in [0.4, 0.5) is 0 Å². The molecule has 5 nitrogen and oxygen atoms in total. The van der Waals surface area contributed by atoms with Crippen LogP contribution in [0.2, 0.25) is 0 Å². The second kappa shape index (κ2) is 4.64. The Balaban J connectivity index is 1.63. The third-order valence-electron chi connectivity index (χ3n) is 4.33. The van der Waals surface area contributed by atoms with Crippen molar-refractivity contribution in [3.8, 4) is 0 Å². The van der Waals surface area contributed by atoms with Crippen LogP contribution in [0.25, 0.3) is 0 Å². The fraction of sp³-hybridized carbons (Fsp3) is 0.769. The van der Waals surface area contributed by atoms with Gasteiger partial charge in [0.2, 0.25) is 0 Å². The van der Waals surface area contributed by atoms with Crippen LogP contribution < -0.4 is 0 Å². The molecule has 1 aromatic rings. The van der Waals surface area contributed by atoms with Crippen molar-refractivity contribution in [2.45, 2.75) is 37.5 Å². The lowest BCUT2D eigenvalue weighted by Gasteiger charge is -2.42. The molecular weight excluding hydrogens is 230 g/mol. The van der Waals surface area contributed by atoms with Crippen molar-refractivity contribution in [1.82, 2.24) is 14.5 Å². The van der Waals surface area contributed by atoms with Crippen molar-refractivity contribution in [2.75, 3.05) is 19.7 Å². The van der Waals surface area contributed by atoms with E-state index in [1.54, 1.807) is 0 Å². The summed E-state index contributed by atoms with van der Waals surface area (Å²) in [7, 11) is 2.00. The number of aliphatic hydroxyl groups is 1. The first-order valence-electron chi connectivity index (χ1n) is 6.69. The van der Waals surface area contributed by atoms with Gasteiger partial charge in [0, 0.05) is 39.5 Å². The number of hydrogen-bond donors (Lipinski definition) is 1. The number of aryl methyl sites for hydroxylation is 1. The zero-order chi connectivity index (χ0) is 12.6. The Morgan fingerprint density at radius 1 is 1.56 bits per heavy atom. The number of ether oxygens (including phenoxy) is 1. The van der Waals surface area contributed by atoms with Crippen LogP contribution >= 0.6 is 0 Å². The molecule has 18 heavy (non-hydrogen) atoms. The summed E-state index contributed by atoms with van der Waals surface area (Å²) < 4.78 is 7.84. The molecule has 2 fully saturated rings. The molecule has 0 radical (unpaired) electrons. The summed E-state index contributed by atoms with van der Waals surface area (Å²) in [5, 5.41) is 10.3. The lowest BCUT2D eigenvalue weighted by atomic mass is 9.86. The highest BCUT2D eigenvalue weighted by molar-refractivity contribution is 5.01. The van der Waals surface area contributed by atoms with Crippen LogP contribution in [0.15, 0.2) is 12.5 Å². The molecule has 2 saturated heterocycles. The summed E-state index contributed by atoms with van der Waals surface area (Å²) in [6.45, 7) is 3.34. The first-order chi connectivity index (χ1) is 8.70. The molecule has 3 rings (SSSR count). The summed E-state index contributed by atoms with van der Waals surface area (Å²) >= 11 is 0. The summed E-state index contributed by atoms with van der Waals surface area (Å²) in [5.74, 6) is 0. The number of aromatic nitrogens is 2. The second-order valence-electron chi connectivity index (χ2n) is 5.51. The highest BCUT2D eigenvalue weighted by Crippen LogP contribution is 2.36. The van der Waals surface area contributed by atoms with Crippen molar-refractivity contribution in [2.24, 2.45) is 7.05 Å². The molecule has 2 atom stereocenters. The number of aliphatic hydroxyl groups excluding tert-OH is 1. The molecule has 0 aromatic carbocycles. The molecule has 1 aromatic heterocycles. The molecule has 0 saturated carbocycles. The normalized spacial score (nSPS) is 33.3. The third kappa shape index (κ3) is 2.06. The third-order valence-corrected chi connectivity index (χ3v) is 4.33. The maximum atomic E-state index is 10.3. The minimum atomic E-state index is -0.359. The van der Waals surface area contributed by atoms with E-state index in [1.807, 2.05) is 24.1 Å². The van der Waals surface area contributed by atoms with E-state index in [4.69, 9.17) is 4.74 Å². The SMILES string of the molecule is Cn1cncc1CN1CC[C@@]2(CCCO2)[C@@H](O)C1. The summed E-state index contributed by atoms with van der Waals surface area (Å²) in [5.41, 5.74) is 0.939. The van der Waals surface area contributed by atoms with Crippen molar-refractivity contribution in [3.63, 3.8) is 0 Å². The van der Waals surface area contributed by atoms with Gasteiger partial charge in [-0.25, -0.2) is 4.98 Å². The van der Waals surface area contributed by atoms with Gasteiger partial charge in [-0.1, -0.05) is 0 Å². The van der Waals surface area contributed by atoms with Gasteiger partial charge in [-0.3, -0.25) is 4.90 Å². The van der Waals surface area contributed by atoms with Gasteiger partial charge in [-0.2, -0.15) is 0 Å². The zero-order valence-electron chi connectivity index (χ0n) is 10.9. The largest absolute Gasteiger partial charge is 0.389 e. The molecule has 0 unspecified atom stereocenters. The van der Waals surface area contributed by atoms with Crippen LogP contribution in [0, 0.1) is 0 Å². The van der Waals surface area contributed by atoms with E-state index in [0.717, 1.165) is 39.0 Å². The summed E-state index contributed by atoms with van der Waals surface area (Å²) in [4.78, 5) is 6.41. The molecule has 1 N–H and O–H groups in total. The Morgan fingerprint density at radius 3 is 3.06 bits per heavy atom. The van der Waals surface area contributed by atoms with E-state index in [2.05, 4.69) is 9.88 Å². The van der Waals surface area contributed by atoms with E-state index in [9.17, 15) is 5.11 Å². The number of imidazole rings is 1. The van der Waals surface area contributed by atoms with Crippen molar-refractivity contribution in [1.29, 1.82) is 0 Å². The highest BCUT2D eigenvalue weighted by atomic mass is 16.5. The van der Waals surface area contributed by atoms with Crippen LogP contribution in [-0.4, -0.2) is 51.0 Å². The maximum Gasteiger partial charge on any atom is 0.0965 e. The Labute approximate surface area is 107 Å². The lowest BCUT2D eigenvalue weighted by molar-refractivity contribution is -0.130. The fourth-order valence-electron chi connectivity index (χ4n) is 3.10. The average Bonchev–Trinajstić information content (AvgIpc) is 2.96. The quantitative estimate of drug-likeness (QED) is 0.833. The predicted octanol–water partition coefficient (Wildman–Crippen LogP) is 0.536. The second-order valence-corrected chi connectivity index (χ2v) is 5.51. The van der Waals surface area contributed by atoms with Crippen LogP contribution in [0.1, 0.15) is 25.0 Å². The van der Waals surface area contributed by atoms with E-state index >= 15 is 0 Å². The van der Waals surface area contributed by atoms with E-state index in [1.165, 1.54) is 5.69 Å². The monoisotopic (exact) mass is 251 g/mol. The standard InChI is InChI=1S/C13H21N3O2/c1-15-10-14-7-11(15)8-16-5-4-13(12(17)9-16)3-2-6-18-13/h7,10,12,17H,2-6,8-9H2,1H3/t12-,13-/m0/s1. The number of likely N-dealkylation sites (tertiary alicyclic amines) is 1. The van der Waals surface area contributed by atoms with Crippen LogP contribution in [0.5, 0.6) is 0 Å². The number of piperidine rings is 1. The van der Waals surface area contributed by atoms with E-state index < -0.39 is 0 Å². The van der Waals surface area contributed by atoms with Gasteiger partial charge in [0.25, 0.3) is 0 Å². The average molecular weight is 251 g/mol. The lowest BCUT2D eigenvalue weighted by Crippen LogP contribution is -2.54. The molecule has 5 heteroatoms. The number of β-amino-alcohol motifs (C(OH)–C–C–N with tert-alkyl or cyclic N) is 1. The smallest absolute Gasteiger partial charge is 0.0965 e. The van der Waals surface area contributed by atoms with Gasteiger partial charge in [0.15, 0.2) is 0 Å². The van der Waals surface area contributed by atoms with Gasteiger partial charge in [-0.15, -0.1) is 0 Å². The number of rotatable bonds is 2. The Kier molecular flexibility index (Phi) is 3.13. The zero-order valence-corrected chi connectivity index (χ0v) is 10.9. The van der Waals surface area contributed by atoms with Gasteiger partial charge in [0.05, 0.1) is 23.7 Å². The number of nitrogens with zero attached hydrogens (tertiary/aromatic N) is 3. The van der Waals surface area contributed by atoms with E-state index in [0.29, 0.717) is 6.54 Å². The minimum absolute atomic E-state index is 0.247. The van der Waals surface area contributed by atoms with Crippen molar-refractivity contribution in [3.05, 3.63) is 18.2 Å². The Morgan fingerprint density at radius 2 is 2.44 bits per heavy atom. The summed E-state index contributed by atoms with van der Waals surface area (Å²) in [6, 6.07) is 0. The van der Waals surface area contributed by atoms with E-state index in [-0.39, 0.29) is 11.7 Å². The Hall–Kier alpha value is -0.910. The fourth-order valence-corrected chi connectivity index (χ4v) is 3.10. The molecule has 1 spiro atoms. The molecular formula is C13H21N3O2. The first kappa shape index (κ1) is 12.1. The topological polar surface area (TPSA) is 50.5 Å². The van der Waals surface area contributed by atoms with Gasteiger partial charge >= 0.3 is 0 Å². The number of hydrogen-bond acceptors (Lipinski definition) is 4. The van der Waals surface area contributed by atoms with Gasteiger partial charge < -0.3 is 14.4 Å². The molecule has 0 bridgehead atoms. The maximum absolute atomic E-state index is 10.3. The van der Waals surface area contributed by atoms with Crippen molar-refractivity contribution < 1.29 is 9.84 Å². The van der Waals surface area contributed by atoms with Gasteiger partial charge in [-0.05, 0) is 19.3 Å². The molecule has 2 aliphatic heterocycles. The molecule has 100 valence electrons. The van der Waals surface area contributed by atoms with Crippen LogP contribution in [-0.2, 0) is 18.3 Å². The first-order valence-corrected chi connectivity index (χ1v) is 6.69. The van der Waals surface area contributed by atoms with Gasteiger partial charge in [0.1, 0.15) is 0 Å². The van der Waals surface area contributed by atoms with Crippen LogP contribution in [0.3, 0.4) is 0 Å². The molecule has 0 amide bonds. The highest BCUT2D eigenvalue weighted by Gasteiger charge is 2.45. The summed E-state index contributed by atoms with van der Waals surface area (Å²) in [6.07, 6.45) is 6.38. The van der Waals surface area contributed by atoms with Crippen molar-refractivity contribution >= 4 is 0 Å². The predicted molar refractivity (Wildman–Crippen MR) is 67.0 cm³/mol. The minimum Gasteiger partial charge on any atom is -0.389 e. The Bertz CT molecular complexity index is 412.